The van der Waals surface area contributed by atoms with Gasteiger partial charge in [0.1, 0.15) is 22.8 Å². The van der Waals surface area contributed by atoms with Gasteiger partial charge in [0.2, 0.25) is 0 Å². The zero-order valence-corrected chi connectivity index (χ0v) is 14.9. The van der Waals surface area contributed by atoms with Crippen LogP contribution in [0.15, 0.2) is 66.9 Å². The molecule has 4 rings (SSSR count). The maximum atomic E-state index is 13.2. The summed E-state index contributed by atoms with van der Waals surface area (Å²) in [6.07, 6.45) is 2.24. The van der Waals surface area contributed by atoms with E-state index in [2.05, 4.69) is 10.3 Å². The topological polar surface area (TPSA) is 51.2 Å². The number of benzene rings is 2. The average Bonchev–Trinajstić information content (AvgIpc) is 2.69. The summed E-state index contributed by atoms with van der Waals surface area (Å²) in [5.74, 6) is -0.00399. The first-order valence-corrected chi connectivity index (χ1v) is 8.82. The van der Waals surface area contributed by atoms with Crippen LogP contribution in [0, 0.1) is 12.7 Å². The van der Waals surface area contributed by atoms with Crippen molar-refractivity contribution in [3.05, 3.63) is 95.1 Å². The Morgan fingerprint density at radius 3 is 2.59 bits per heavy atom. The quantitative estimate of drug-likeness (QED) is 0.767. The average molecular weight is 362 g/mol. The maximum Gasteiger partial charge on any atom is 0.252 e. The van der Waals surface area contributed by atoms with Gasteiger partial charge in [0.05, 0.1) is 6.61 Å². The molecule has 3 aromatic rings. The molecule has 0 spiro atoms. The number of aromatic nitrogens is 1. The molecule has 136 valence electrons. The van der Waals surface area contributed by atoms with Crippen molar-refractivity contribution < 1.29 is 13.9 Å². The molecular weight excluding hydrogens is 343 g/mol. The number of carbonyl (C=O) groups excluding carboxylic acids is 1. The second kappa shape index (κ2) is 6.83. The van der Waals surface area contributed by atoms with Crippen molar-refractivity contribution in [1.82, 2.24) is 10.3 Å². The third-order valence-electron chi connectivity index (χ3n) is 4.89. The molecule has 0 unspecified atom stereocenters. The number of amides is 1. The van der Waals surface area contributed by atoms with Crippen LogP contribution in [0.1, 0.15) is 33.6 Å². The van der Waals surface area contributed by atoms with E-state index in [-0.39, 0.29) is 11.7 Å². The fourth-order valence-corrected chi connectivity index (χ4v) is 3.44. The van der Waals surface area contributed by atoms with Crippen LogP contribution in [0.25, 0.3) is 0 Å². The first kappa shape index (κ1) is 17.2. The summed E-state index contributed by atoms with van der Waals surface area (Å²) in [7, 11) is 0. The molecule has 0 saturated heterocycles. The number of carbonyl (C=O) groups is 1. The van der Waals surface area contributed by atoms with E-state index in [0.29, 0.717) is 30.0 Å². The number of halogens is 1. The lowest BCUT2D eigenvalue weighted by atomic mass is 9.81. The minimum absolute atomic E-state index is 0.283. The number of hydrogen-bond acceptors (Lipinski definition) is 3. The molecule has 2 heterocycles. The van der Waals surface area contributed by atoms with E-state index in [1.165, 1.54) is 24.3 Å². The van der Waals surface area contributed by atoms with Crippen LogP contribution in [-0.4, -0.2) is 17.5 Å². The Morgan fingerprint density at radius 1 is 1.11 bits per heavy atom. The molecule has 5 heteroatoms. The van der Waals surface area contributed by atoms with Gasteiger partial charge < -0.3 is 10.1 Å². The third kappa shape index (κ3) is 3.16. The molecule has 0 radical (unpaired) electrons. The highest BCUT2D eigenvalue weighted by Gasteiger charge is 2.42. The highest BCUT2D eigenvalue weighted by atomic mass is 19.1. The van der Waals surface area contributed by atoms with Gasteiger partial charge in [0, 0.05) is 18.2 Å². The van der Waals surface area contributed by atoms with Crippen LogP contribution < -0.4 is 10.1 Å². The van der Waals surface area contributed by atoms with E-state index in [1.54, 1.807) is 6.20 Å². The molecule has 0 bridgehead atoms. The lowest BCUT2D eigenvalue weighted by molar-refractivity contribution is 0.0883. The second-order valence-corrected chi connectivity index (χ2v) is 6.68. The molecule has 1 atom stereocenters. The van der Waals surface area contributed by atoms with Gasteiger partial charge in [-0.1, -0.05) is 29.8 Å². The van der Waals surface area contributed by atoms with Crippen LogP contribution in [-0.2, 0) is 5.54 Å². The SMILES string of the molecule is Cc1ccc([C@@]2(NC(=O)c3ccc(F)cc3)CCOc3cccnc32)cc1. The maximum absolute atomic E-state index is 13.2. The van der Waals surface area contributed by atoms with Crippen LogP contribution in [0.4, 0.5) is 4.39 Å². The standard InChI is InChI=1S/C22H19FN2O2/c1-15-4-8-17(9-5-15)22(12-14-27-19-3-2-13-24-20(19)22)25-21(26)16-6-10-18(23)11-7-16/h2-11,13H,12,14H2,1H3,(H,25,26)/t22-/m0/s1. The second-order valence-electron chi connectivity index (χ2n) is 6.68. The van der Waals surface area contributed by atoms with Crippen LogP contribution in [0.3, 0.4) is 0 Å². The first-order chi connectivity index (χ1) is 13.1. The monoisotopic (exact) mass is 362 g/mol. The smallest absolute Gasteiger partial charge is 0.252 e. The minimum atomic E-state index is -0.811. The number of aryl methyl sites for hydroxylation is 1. The van der Waals surface area contributed by atoms with Gasteiger partial charge in [-0.25, -0.2) is 4.39 Å². The molecule has 1 aliphatic rings. The Labute approximate surface area is 157 Å². The largest absolute Gasteiger partial charge is 0.491 e. The van der Waals surface area contributed by atoms with E-state index in [0.717, 1.165) is 11.1 Å². The number of hydrogen-bond donors (Lipinski definition) is 1. The zero-order valence-electron chi connectivity index (χ0n) is 14.9. The highest BCUT2D eigenvalue weighted by molar-refractivity contribution is 5.95. The van der Waals surface area contributed by atoms with Gasteiger partial charge in [0.25, 0.3) is 5.91 Å². The molecular formula is C22H19FN2O2. The molecule has 1 amide bonds. The van der Waals surface area contributed by atoms with Gasteiger partial charge in [-0.3, -0.25) is 9.78 Å². The fourth-order valence-electron chi connectivity index (χ4n) is 3.44. The lowest BCUT2D eigenvalue weighted by Gasteiger charge is -2.39. The number of ether oxygens (including phenoxy) is 1. The molecule has 1 aromatic heterocycles. The summed E-state index contributed by atoms with van der Waals surface area (Å²) in [5, 5.41) is 3.16. The molecule has 0 aliphatic carbocycles. The minimum Gasteiger partial charge on any atom is -0.491 e. The molecule has 1 N–H and O–H groups in total. The molecule has 4 nitrogen and oxygen atoms in total. The van der Waals surface area contributed by atoms with E-state index < -0.39 is 5.54 Å². The summed E-state index contributed by atoms with van der Waals surface area (Å²) in [6, 6.07) is 17.2. The zero-order chi connectivity index (χ0) is 18.9. The van der Waals surface area contributed by atoms with Crippen molar-refractivity contribution in [2.75, 3.05) is 6.61 Å². The summed E-state index contributed by atoms with van der Waals surface area (Å²) >= 11 is 0. The number of nitrogens with one attached hydrogen (secondary N) is 1. The summed E-state index contributed by atoms with van der Waals surface area (Å²) in [5.41, 5.74) is 2.33. The molecule has 1 aliphatic heterocycles. The van der Waals surface area contributed by atoms with Crippen molar-refractivity contribution in [2.24, 2.45) is 0 Å². The van der Waals surface area contributed by atoms with Crippen molar-refractivity contribution in [3.8, 4) is 5.75 Å². The van der Waals surface area contributed by atoms with Crippen molar-refractivity contribution in [1.29, 1.82) is 0 Å². The number of nitrogens with zero attached hydrogens (tertiary/aromatic N) is 1. The first-order valence-electron chi connectivity index (χ1n) is 8.82. The Kier molecular flexibility index (Phi) is 4.36. The summed E-state index contributed by atoms with van der Waals surface area (Å²) in [4.78, 5) is 17.5. The van der Waals surface area contributed by atoms with Crippen LogP contribution in [0.2, 0.25) is 0 Å². The van der Waals surface area contributed by atoms with Crippen LogP contribution in [0.5, 0.6) is 5.75 Å². The Morgan fingerprint density at radius 2 is 1.85 bits per heavy atom. The Hall–Kier alpha value is -3.21. The summed E-state index contributed by atoms with van der Waals surface area (Å²) < 4.78 is 19.0. The lowest BCUT2D eigenvalue weighted by Crippen LogP contribution is -2.50. The molecule has 27 heavy (non-hydrogen) atoms. The van der Waals surface area contributed by atoms with E-state index in [4.69, 9.17) is 4.74 Å². The third-order valence-corrected chi connectivity index (χ3v) is 4.89. The number of pyridine rings is 1. The number of fused-ring (bicyclic) bond motifs is 1. The Bertz CT molecular complexity index is 970. The molecule has 2 aromatic carbocycles. The van der Waals surface area contributed by atoms with Gasteiger partial charge in [0.15, 0.2) is 0 Å². The Balaban J connectivity index is 1.81. The highest BCUT2D eigenvalue weighted by Crippen LogP contribution is 2.40. The fraction of sp³-hybridized carbons (Fsp3) is 0.182. The van der Waals surface area contributed by atoms with E-state index in [1.807, 2.05) is 43.3 Å². The van der Waals surface area contributed by atoms with Gasteiger partial charge in [-0.05, 0) is 48.9 Å². The van der Waals surface area contributed by atoms with Crippen molar-refractivity contribution >= 4 is 5.91 Å². The molecule has 0 fully saturated rings. The summed E-state index contributed by atoms with van der Waals surface area (Å²) in [6.45, 7) is 2.47. The van der Waals surface area contributed by atoms with E-state index in [9.17, 15) is 9.18 Å². The van der Waals surface area contributed by atoms with Crippen LogP contribution >= 0.6 is 0 Å². The van der Waals surface area contributed by atoms with E-state index >= 15 is 0 Å². The number of rotatable bonds is 3. The van der Waals surface area contributed by atoms with Gasteiger partial charge in [-0.2, -0.15) is 0 Å². The van der Waals surface area contributed by atoms with Gasteiger partial charge >= 0.3 is 0 Å². The molecule has 0 saturated carbocycles. The van der Waals surface area contributed by atoms with Crippen molar-refractivity contribution in [2.45, 2.75) is 18.9 Å². The normalized spacial score (nSPS) is 18.3. The van der Waals surface area contributed by atoms with Gasteiger partial charge in [-0.15, -0.1) is 0 Å². The van der Waals surface area contributed by atoms with Crippen molar-refractivity contribution in [3.63, 3.8) is 0 Å². The predicted molar refractivity (Wildman–Crippen MR) is 100 cm³/mol. The predicted octanol–water partition coefficient (Wildman–Crippen LogP) is 3.99.